The Kier molecular flexibility index (Phi) is 2.87. The molecule has 1 N–H and O–H groups in total. The molecule has 0 amide bonds. The number of hydrogen-bond donors (Lipinski definition) is 1. The van der Waals surface area contributed by atoms with Crippen LogP contribution in [0.3, 0.4) is 0 Å². The van der Waals surface area contributed by atoms with Crippen LogP contribution in [0, 0.1) is 0 Å². The van der Waals surface area contributed by atoms with Crippen molar-refractivity contribution in [3.8, 4) is 0 Å². The predicted molar refractivity (Wildman–Crippen MR) is 55.3 cm³/mol. The van der Waals surface area contributed by atoms with E-state index in [2.05, 4.69) is 16.5 Å². The summed E-state index contributed by atoms with van der Waals surface area (Å²) in [6.45, 7) is 3.34. The molecule has 0 unspecified atom stereocenters. The van der Waals surface area contributed by atoms with Crippen molar-refractivity contribution < 1.29 is 5.11 Å². The molecule has 0 aromatic carbocycles. The van der Waals surface area contributed by atoms with Crippen LogP contribution in [0.4, 0.5) is 0 Å². The molecule has 3 heteroatoms. The van der Waals surface area contributed by atoms with Crippen molar-refractivity contribution in [3.63, 3.8) is 0 Å². The van der Waals surface area contributed by atoms with Gasteiger partial charge in [0, 0.05) is 18.7 Å². The molecule has 1 aromatic heterocycles. The Morgan fingerprint density at radius 1 is 1.36 bits per heavy atom. The molecule has 2 rings (SSSR count). The van der Waals surface area contributed by atoms with E-state index in [1.807, 2.05) is 0 Å². The molecule has 1 heterocycles. The van der Waals surface area contributed by atoms with E-state index in [0.29, 0.717) is 6.42 Å². The van der Waals surface area contributed by atoms with Gasteiger partial charge >= 0.3 is 0 Å². The fourth-order valence-corrected chi connectivity index (χ4v) is 2.32. The number of aliphatic hydroxyl groups excluding tert-OH is 1. The fraction of sp³-hybridized carbons (Fsp3) is 0.727. The molecule has 0 spiro atoms. The number of aromatic nitrogens is 2. The maximum Gasteiger partial charge on any atom is 0.111 e. The van der Waals surface area contributed by atoms with Crippen LogP contribution in [0.5, 0.6) is 0 Å². The number of aryl methyl sites for hydroxylation is 1. The summed E-state index contributed by atoms with van der Waals surface area (Å²) in [7, 11) is 0. The van der Waals surface area contributed by atoms with Crippen molar-refractivity contribution in [2.75, 3.05) is 6.61 Å². The number of aliphatic hydroxyl groups is 1. The summed E-state index contributed by atoms with van der Waals surface area (Å²) in [6.07, 6.45) is 5.55. The molecule has 1 aliphatic rings. The summed E-state index contributed by atoms with van der Waals surface area (Å²) in [5, 5.41) is 8.95. The van der Waals surface area contributed by atoms with E-state index in [9.17, 15) is 0 Å². The van der Waals surface area contributed by atoms with Crippen molar-refractivity contribution in [2.45, 2.75) is 45.6 Å². The van der Waals surface area contributed by atoms with Crippen LogP contribution in [0.15, 0.2) is 0 Å². The van der Waals surface area contributed by atoms with Crippen LogP contribution < -0.4 is 0 Å². The molecule has 0 fully saturated rings. The van der Waals surface area contributed by atoms with Gasteiger partial charge in [-0.15, -0.1) is 0 Å². The SMILES string of the molecule is CCn1c(CCO)nc2c1CCCC2. The zero-order chi connectivity index (χ0) is 9.97. The average Bonchev–Trinajstić information content (AvgIpc) is 2.55. The summed E-state index contributed by atoms with van der Waals surface area (Å²) in [4.78, 5) is 4.61. The molecule has 0 atom stereocenters. The highest BCUT2D eigenvalue weighted by molar-refractivity contribution is 5.20. The molecular weight excluding hydrogens is 176 g/mol. The number of rotatable bonds is 3. The lowest BCUT2D eigenvalue weighted by Gasteiger charge is -2.13. The van der Waals surface area contributed by atoms with Gasteiger partial charge in [-0.2, -0.15) is 0 Å². The lowest BCUT2D eigenvalue weighted by Crippen LogP contribution is -2.09. The molecule has 14 heavy (non-hydrogen) atoms. The highest BCUT2D eigenvalue weighted by Gasteiger charge is 2.18. The Morgan fingerprint density at radius 3 is 2.86 bits per heavy atom. The summed E-state index contributed by atoms with van der Waals surface area (Å²) in [5.41, 5.74) is 2.70. The van der Waals surface area contributed by atoms with Crippen molar-refractivity contribution in [1.29, 1.82) is 0 Å². The standard InChI is InChI=1S/C11H18N2O/c1-2-13-10-6-4-3-5-9(10)12-11(13)7-8-14/h14H,2-8H2,1H3. The van der Waals surface area contributed by atoms with E-state index in [1.165, 1.54) is 30.7 Å². The van der Waals surface area contributed by atoms with Gasteiger partial charge in [0.15, 0.2) is 0 Å². The van der Waals surface area contributed by atoms with Crippen LogP contribution >= 0.6 is 0 Å². The van der Waals surface area contributed by atoms with Gasteiger partial charge in [0.1, 0.15) is 5.82 Å². The van der Waals surface area contributed by atoms with Crippen molar-refractivity contribution in [2.24, 2.45) is 0 Å². The molecular formula is C11H18N2O. The molecule has 0 bridgehead atoms. The molecule has 0 saturated heterocycles. The lowest BCUT2D eigenvalue weighted by molar-refractivity contribution is 0.294. The molecule has 1 aromatic rings. The van der Waals surface area contributed by atoms with Crippen LogP contribution in [0.25, 0.3) is 0 Å². The second-order valence-electron chi connectivity index (χ2n) is 3.85. The average molecular weight is 194 g/mol. The van der Waals surface area contributed by atoms with Crippen molar-refractivity contribution in [3.05, 3.63) is 17.2 Å². The van der Waals surface area contributed by atoms with Gasteiger partial charge in [0.05, 0.1) is 12.3 Å². The maximum absolute atomic E-state index is 8.95. The molecule has 0 radical (unpaired) electrons. The Morgan fingerprint density at radius 2 is 2.14 bits per heavy atom. The van der Waals surface area contributed by atoms with Crippen LogP contribution in [0.1, 0.15) is 37.0 Å². The highest BCUT2D eigenvalue weighted by atomic mass is 16.3. The third kappa shape index (κ3) is 1.57. The normalized spacial score (nSPS) is 15.6. The summed E-state index contributed by atoms with van der Waals surface area (Å²) >= 11 is 0. The van der Waals surface area contributed by atoms with Gasteiger partial charge in [-0.1, -0.05) is 0 Å². The smallest absolute Gasteiger partial charge is 0.111 e. The zero-order valence-electron chi connectivity index (χ0n) is 8.79. The van der Waals surface area contributed by atoms with Crippen LogP contribution in [-0.4, -0.2) is 21.3 Å². The third-order valence-corrected chi connectivity index (χ3v) is 2.96. The minimum atomic E-state index is 0.204. The summed E-state index contributed by atoms with van der Waals surface area (Å²) < 4.78 is 2.28. The van der Waals surface area contributed by atoms with Crippen LogP contribution in [-0.2, 0) is 25.8 Å². The predicted octanol–water partition coefficient (Wildman–Crippen LogP) is 1.32. The van der Waals surface area contributed by atoms with Crippen molar-refractivity contribution >= 4 is 0 Å². The van der Waals surface area contributed by atoms with E-state index < -0.39 is 0 Å². The van der Waals surface area contributed by atoms with E-state index >= 15 is 0 Å². The first-order chi connectivity index (χ1) is 6.86. The first kappa shape index (κ1) is 9.71. The molecule has 78 valence electrons. The number of hydrogen-bond acceptors (Lipinski definition) is 2. The minimum Gasteiger partial charge on any atom is -0.396 e. The lowest BCUT2D eigenvalue weighted by atomic mass is 10.0. The summed E-state index contributed by atoms with van der Waals surface area (Å²) in [6, 6.07) is 0. The number of fused-ring (bicyclic) bond motifs is 1. The van der Waals surface area contributed by atoms with Gasteiger partial charge in [-0.25, -0.2) is 4.98 Å². The van der Waals surface area contributed by atoms with Crippen LogP contribution in [0.2, 0.25) is 0 Å². The molecule has 0 aliphatic heterocycles. The monoisotopic (exact) mass is 194 g/mol. The number of imidazole rings is 1. The Labute approximate surface area is 84.8 Å². The fourth-order valence-electron chi connectivity index (χ4n) is 2.32. The maximum atomic E-state index is 8.95. The van der Waals surface area contributed by atoms with Gasteiger partial charge < -0.3 is 9.67 Å². The third-order valence-electron chi connectivity index (χ3n) is 2.96. The first-order valence-corrected chi connectivity index (χ1v) is 5.54. The van der Waals surface area contributed by atoms with Gasteiger partial charge in [0.25, 0.3) is 0 Å². The van der Waals surface area contributed by atoms with Crippen molar-refractivity contribution in [1.82, 2.24) is 9.55 Å². The Balaban J connectivity index is 2.36. The van der Waals surface area contributed by atoms with Gasteiger partial charge in [-0.3, -0.25) is 0 Å². The molecule has 0 saturated carbocycles. The zero-order valence-corrected chi connectivity index (χ0v) is 8.79. The topological polar surface area (TPSA) is 38.0 Å². The largest absolute Gasteiger partial charge is 0.396 e. The number of nitrogens with zero attached hydrogens (tertiary/aromatic N) is 2. The van der Waals surface area contributed by atoms with Gasteiger partial charge in [0.2, 0.25) is 0 Å². The Bertz CT molecular complexity index is 317. The second-order valence-corrected chi connectivity index (χ2v) is 3.85. The molecule has 1 aliphatic carbocycles. The Hall–Kier alpha value is -0.830. The van der Waals surface area contributed by atoms with E-state index in [-0.39, 0.29) is 6.61 Å². The highest BCUT2D eigenvalue weighted by Crippen LogP contribution is 2.22. The summed E-state index contributed by atoms with van der Waals surface area (Å²) in [5.74, 6) is 1.07. The quantitative estimate of drug-likeness (QED) is 0.788. The minimum absolute atomic E-state index is 0.204. The molecule has 3 nitrogen and oxygen atoms in total. The van der Waals surface area contributed by atoms with Gasteiger partial charge in [-0.05, 0) is 32.6 Å². The van der Waals surface area contributed by atoms with E-state index in [1.54, 1.807) is 0 Å². The first-order valence-electron chi connectivity index (χ1n) is 5.54. The second kappa shape index (κ2) is 4.13. The van der Waals surface area contributed by atoms with E-state index in [0.717, 1.165) is 18.8 Å². The van der Waals surface area contributed by atoms with E-state index in [4.69, 9.17) is 5.11 Å².